The Morgan fingerprint density at radius 1 is 1.23 bits per heavy atom. The van der Waals surface area contributed by atoms with Crippen molar-refractivity contribution in [3.05, 3.63) is 41.0 Å². The molecule has 0 saturated heterocycles. The number of ether oxygens (including phenoxy) is 1. The standard InChI is InChI=1S/C23H36N6O/c1-5-18(3)30-20-15-17(2)10-11-19(20)16-26-23(24-4)25-13-12-22-28-27-21-9-7-6-8-14-29(21)22/h10-11,15,18H,5-9,12-14,16H2,1-4H3,(H2,24,25,26). The Hall–Kier alpha value is -2.57. The third-order valence-corrected chi connectivity index (χ3v) is 5.62. The lowest BCUT2D eigenvalue weighted by Gasteiger charge is -2.18. The maximum absolute atomic E-state index is 6.12. The van der Waals surface area contributed by atoms with Crippen LogP contribution < -0.4 is 15.4 Å². The lowest BCUT2D eigenvalue weighted by Crippen LogP contribution is -2.38. The Labute approximate surface area is 180 Å². The van der Waals surface area contributed by atoms with Crippen molar-refractivity contribution in [1.82, 2.24) is 25.4 Å². The van der Waals surface area contributed by atoms with Crippen molar-refractivity contribution >= 4 is 5.96 Å². The van der Waals surface area contributed by atoms with E-state index in [1.165, 1.54) is 24.8 Å². The number of aryl methyl sites for hydroxylation is 2. The monoisotopic (exact) mass is 412 g/mol. The van der Waals surface area contributed by atoms with Crippen LogP contribution in [0.1, 0.15) is 62.3 Å². The molecule has 0 saturated carbocycles. The predicted molar refractivity (Wildman–Crippen MR) is 121 cm³/mol. The van der Waals surface area contributed by atoms with Gasteiger partial charge in [-0.15, -0.1) is 10.2 Å². The number of nitrogens with one attached hydrogen (secondary N) is 2. The summed E-state index contributed by atoms with van der Waals surface area (Å²) in [7, 11) is 1.80. The molecule has 1 atom stereocenters. The Balaban J connectivity index is 1.53. The first kappa shape index (κ1) is 22.1. The van der Waals surface area contributed by atoms with Crippen LogP contribution in [0.15, 0.2) is 23.2 Å². The van der Waals surface area contributed by atoms with Gasteiger partial charge in [-0.25, -0.2) is 0 Å². The van der Waals surface area contributed by atoms with Crippen LogP contribution in [0.2, 0.25) is 0 Å². The van der Waals surface area contributed by atoms with Gasteiger partial charge < -0.3 is 19.9 Å². The number of aliphatic imine (C=N–C) groups is 1. The molecule has 0 aliphatic carbocycles. The summed E-state index contributed by atoms with van der Waals surface area (Å²) < 4.78 is 8.42. The van der Waals surface area contributed by atoms with Crippen molar-refractivity contribution in [1.29, 1.82) is 0 Å². The molecule has 1 aromatic carbocycles. The molecule has 2 aromatic rings. The van der Waals surface area contributed by atoms with Gasteiger partial charge in [-0.05, 0) is 44.7 Å². The molecule has 0 bridgehead atoms. The average molecular weight is 413 g/mol. The second-order valence-corrected chi connectivity index (χ2v) is 8.05. The number of hydrogen-bond acceptors (Lipinski definition) is 4. The van der Waals surface area contributed by atoms with Gasteiger partial charge in [-0.3, -0.25) is 4.99 Å². The summed E-state index contributed by atoms with van der Waals surface area (Å²) in [6, 6.07) is 6.35. The van der Waals surface area contributed by atoms with Crippen LogP contribution in [-0.2, 0) is 25.9 Å². The molecular formula is C23H36N6O. The van der Waals surface area contributed by atoms with Gasteiger partial charge in [0.25, 0.3) is 0 Å². The molecule has 1 unspecified atom stereocenters. The Morgan fingerprint density at radius 2 is 2.10 bits per heavy atom. The summed E-state index contributed by atoms with van der Waals surface area (Å²) in [4.78, 5) is 4.36. The highest BCUT2D eigenvalue weighted by Gasteiger charge is 2.14. The number of rotatable bonds is 8. The van der Waals surface area contributed by atoms with Crippen LogP contribution in [0, 0.1) is 6.92 Å². The molecule has 0 amide bonds. The molecule has 30 heavy (non-hydrogen) atoms. The van der Waals surface area contributed by atoms with E-state index >= 15 is 0 Å². The minimum atomic E-state index is 0.196. The van der Waals surface area contributed by atoms with Gasteiger partial charge in [0.1, 0.15) is 17.4 Å². The Kier molecular flexibility index (Phi) is 8.11. The first-order chi connectivity index (χ1) is 14.6. The highest BCUT2D eigenvalue weighted by molar-refractivity contribution is 5.79. The number of hydrogen-bond donors (Lipinski definition) is 2. The number of benzene rings is 1. The minimum absolute atomic E-state index is 0.196. The fourth-order valence-corrected chi connectivity index (χ4v) is 3.64. The van der Waals surface area contributed by atoms with Gasteiger partial charge in [0.2, 0.25) is 0 Å². The van der Waals surface area contributed by atoms with E-state index in [0.717, 1.165) is 61.3 Å². The summed E-state index contributed by atoms with van der Waals surface area (Å²) in [5.41, 5.74) is 2.33. The maximum atomic E-state index is 6.12. The van der Waals surface area contributed by atoms with Gasteiger partial charge in [0.05, 0.1) is 6.10 Å². The zero-order valence-corrected chi connectivity index (χ0v) is 18.9. The van der Waals surface area contributed by atoms with E-state index in [0.29, 0.717) is 6.54 Å². The summed E-state index contributed by atoms with van der Waals surface area (Å²) in [6.07, 6.45) is 6.76. The van der Waals surface area contributed by atoms with Crippen molar-refractivity contribution in [3.63, 3.8) is 0 Å². The van der Waals surface area contributed by atoms with E-state index in [9.17, 15) is 0 Å². The van der Waals surface area contributed by atoms with Crippen molar-refractivity contribution in [2.75, 3.05) is 13.6 Å². The molecule has 1 aromatic heterocycles. The lowest BCUT2D eigenvalue weighted by atomic mass is 10.1. The topological polar surface area (TPSA) is 76.4 Å². The van der Waals surface area contributed by atoms with Crippen LogP contribution in [0.5, 0.6) is 5.75 Å². The molecule has 1 aliphatic heterocycles. The average Bonchev–Trinajstić information content (AvgIpc) is 2.97. The predicted octanol–water partition coefficient (Wildman–Crippen LogP) is 3.40. The quantitative estimate of drug-likeness (QED) is 0.513. The zero-order valence-electron chi connectivity index (χ0n) is 18.9. The Morgan fingerprint density at radius 3 is 2.90 bits per heavy atom. The van der Waals surface area contributed by atoms with Gasteiger partial charge >= 0.3 is 0 Å². The first-order valence-corrected chi connectivity index (χ1v) is 11.2. The third-order valence-electron chi connectivity index (χ3n) is 5.62. The van der Waals surface area contributed by atoms with Crippen LogP contribution in [-0.4, -0.2) is 40.4 Å². The molecule has 1 aliphatic rings. The molecule has 2 N–H and O–H groups in total. The third kappa shape index (κ3) is 5.97. The first-order valence-electron chi connectivity index (χ1n) is 11.2. The SMILES string of the molecule is CCC(C)Oc1cc(C)ccc1CNC(=NC)NCCc1nnc2n1CCCCC2. The molecule has 0 spiro atoms. The van der Waals surface area contributed by atoms with Crippen LogP contribution in [0.3, 0.4) is 0 Å². The highest BCUT2D eigenvalue weighted by atomic mass is 16.5. The molecule has 0 fully saturated rings. The smallest absolute Gasteiger partial charge is 0.191 e. The van der Waals surface area contributed by atoms with E-state index in [4.69, 9.17) is 4.74 Å². The fraction of sp³-hybridized carbons (Fsp3) is 0.609. The molecule has 3 rings (SSSR count). The van der Waals surface area contributed by atoms with Gasteiger partial charge in [0.15, 0.2) is 5.96 Å². The number of guanidine groups is 1. The van der Waals surface area contributed by atoms with Gasteiger partial charge in [-0.1, -0.05) is 25.5 Å². The number of aromatic nitrogens is 3. The summed E-state index contributed by atoms with van der Waals surface area (Å²) >= 11 is 0. The zero-order chi connectivity index (χ0) is 21.3. The van der Waals surface area contributed by atoms with Crippen LogP contribution in [0.25, 0.3) is 0 Å². The molecule has 0 radical (unpaired) electrons. The van der Waals surface area contributed by atoms with Crippen molar-refractivity contribution < 1.29 is 4.74 Å². The molecular weight excluding hydrogens is 376 g/mol. The normalized spacial score (nSPS) is 15.3. The second kappa shape index (κ2) is 11.0. The number of fused-ring (bicyclic) bond motifs is 1. The van der Waals surface area contributed by atoms with E-state index in [2.05, 4.69) is 69.4 Å². The van der Waals surface area contributed by atoms with Crippen LogP contribution in [0.4, 0.5) is 0 Å². The van der Waals surface area contributed by atoms with Crippen molar-refractivity contribution in [2.45, 2.75) is 78.5 Å². The van der Waals surface area contributed by atoms with Gasteiger partial charge in [-0.2, -0.15) is 0 Å². The molecule has 2 heterocycles. The van der Waals surface area contributed by atoms with E-state index in [1.54, 1.807) is 7.05 Å². The van der Waals surface area contributed by atoms with Crippen LogP contribution >= 0.6 is 0 Å². The van der Waals surface area contributed by atoms with E-state index < -0.39 is 0 Å². The summed E-state index contributed by atoms with van der Waals surface area (Å²) in [5.74, 6) is 3.93. The fourth-order valence-electron chi connectivity index (χ4n) is 3.64. The molecule has 7 heteroatoms. The van der Waals surface area contributed by atoms with Gasteiger partial charge in [0, 0.05) is 45.1 Å². The largest absolute Gasteiger partial charge is 0.490 e. The van der Waals surface area contributed by atoms with E-state index in [1.807, 2.05) is 0 Å². The summed E-state index contributed by atoms with van der Waals surface area (Å²) in [6.45, 7) is 8.79. The van der Waals surface area contributed by atoms with Crippen molar-refractivity contribution in [3.8, 4) is 5.75 Å². The highest BCUT2D eigenvalue weighted by Crippen LogP contribution is 2.22. The van der Waals surface area contributed by atoms with Crippen molar-refractivity contribution in [2.24, 2.45) is 4.99 Å². The second-order valence-electron chi connectivity index (χ2n) is 8.05. The Bertz CT molecular complexity index is 844. The lowest BCUT2D eigenvalue weighted by molar-refractivity contribution is 0.215. The summed E-state index contributed by atoms with van der Waals surface area (Å²) in [5, 5.41) is 15.6. The van der Waals surface area contributed by atoms with E-state index in [-0.39, 0.29) is 6.10 Å². The molecule has 7 nitrogen and oxygen atoms in total. The number of nitrogens with zero attached hydrogens (tertiary/aromatic N) is 4. The minimum Gasteiger partial charge on any atom is -0.490 e. The maximum Gasteiger partial charge on any atom is 0.191 e. The molecule has 164 valence electrons.